The molecule has 1 amide bonds. The van der Waals surface area contributed by atoms with Crippen LogP contribution in [0.25, 0.3) is 21.8 Å². The predicted octanol–water partition coefficient (Wildman–Crippen LogP) is 2.04. The Balaban J connectivity index is 2.38. The molecule has 0 unspecified atom stereocenters. The number of hydrogen-bond donors (Lipinski definition) is 2. The van der Waals surface area contributed by atoms with Crippen molar-refractivity contribution >= 4 is 27.7 Å². The molecule has 3 rings (SSSR count). The predicted molar refractivity (Wildman–Crippen MR) is 75.5 cm³/mol. The molecule has 3 aromatic rings. The number of H-pyrrole nitrogens is 1. The van der Waals surface area contributed by atoms with Crippen LogP contribution in [0.3, 0.4) is 0 Å². The van der Waals surface area contributed by atoms with Gasteiger partial charge in [0.15, 0.2) is 5.43 Å². The zero-order valence-corrected chi connectivity index (χ0v) is 10.4. The highest BCUT2D eigenvalue weighted by Crippen LogP contribution is 2.15. The molecule has 0 radical (unpaired) electrons. The van der Waals surface area contributed by atoms with Crippen LogP contribution >= 0.6 is 0 Å². The zero-order valence-electron chi connectivity index (χ0n) is 10.4. The Labute approximate surface area is 109 Å². The van der Waals surface area contributed by atoms with E-state index in [4.69, 9.17) is 0 Å². The number of nitrogens with one attached hydrogen (secondary N) is 2. The fourth-order valence-electron chi connectivity index (χ4n) is 2.21. The molecule has 94 valence electrons. The lowest BCUT2D eigenvalue weighted by Crippen LogP contribution is -2.18. The van der Waals surface area contributed by atoms with Crippen LogP contribution in [0.15, 0.2) is 47.3 Å². The van der Waals surface area contributed by atoms with Gasteiger partial charge in [-0.25, -0.2) is 0 Å². The van der Waals surface area contributed by atoms with E-state index in [0.717, 1.165) is 5.52 Å². The van der Waals surface area contributed by atoms with Gasteiger partial charge in [-0.2, -0.15) is 0 Å². The lowest BCUT2D eigenvalue weighted by Gasteiger charge is -2.04. The second-order valence-electron chi connectivity index (χ2n) is 4.34. The van der Waals surface area contributed by atoms with E-state index in [1.807, 2.05) is 18.2 Å². The molecular weight excluding hydrogens is 240 g/mol. The Morgan fingerprint density at radius 3 is 2.58 bits per heavy atom. The molecule has 0 aliphatic heterocycles. The smallest absolute Gasteiger partial charge is 0.251 e. The lowest BCUT2D eigenvalue weighted by atomic mass is 10.1. The average molecular weight is 252 g/mol. The Morgan fingerprint density at radius 1 is 1.05 bits per heavy atom. The van der Waals surface area contributed by atoms with Gasteiger partial charge in [-0.15, -0.1) is 0 Å². The largest absolute Gasteiger partial charge is 0.355 e. The number of para-hydroxylation sites is 1. The van der Waals surface area contributed by atoms with Crippen molar-refractivity contribution in [2.75, 3.05) is 7.05 Å². The molecule has 2 N–H and O–H groups in total. The number of benzene rings is 2. The quantitative estimate of drug-likeness (QED) is 0.651. The van der Waals surface area contributed by atoms with Crippen LogP contribution in [0.5, 0.6) is 0 Å². The van der Waals surface area contributed by atoms with Gasteiger partial charge in [0.1, 0.15) is 0 Å². The summed E-state index contributed by atoms with van der Waals surface area (Å²) in [6.45, 7) is 0. The van der Waals surface area contributed by atoms with E-state index in [2.05, 4.69) is 10.3 Å². The van der Waals surface area contributed by atoms with Crippen LogP contribution in [0.4, 0.5) is 0 Å². The summed E-state index contributed by atoms with van der Waals surface area (Å²) in [5.41, 5.74) is 1.95. The molecule has 0 aliphatic carbocycles. The molecule has 1 aromatic heterocycles. The summed E-state index contributed by atoms with van der Waals surface area (Å²) in [5, 5.41) is 3.81. The van der Waals surface area contributed by atoms with E-state index < -0.39 is 0 Å². The van der Waals surface area contributed by atoms with Crippen LogP contribution in [0.2, 0.25) is 0 Å². The maximum atomic E-state index is 12.3. The number of amides is 1. The number of aromatic amines is 1. The number of fused-ring (bicyclic) bond motifs is 2. The Morgan fingerprint density at radius 2 is 1.79 bits per heavy atom. The fraction of sp³-hybridized carbons (Fsp3) is 0.0667. The lowest BCUT2D eigenvalue weighted by molar-refractivity contribution is 0.0963. The maximum Gasteiger partial charge on any atom is 0.251 e. The van der Waals surface area contributed by atoms with Crippen LogP contribution in [0, 0.1) is 0 Å². The van der Waals surface area contributed by atoms with Crippen molar-refractivity contribution in [3.8, 4) is 0 Å². The molecule has 4 nitrogen and oxygen atoms in total. The normalized spacial score (nSPS) is 10.8. The summed E-state index contributed by atoms with van der Waals surface area (Å²) >= 11 is 0. The monoisotopic (exact) mass is 252 g/mol. The molecule has 0 spiro atoms. The third kappa shape index (κ3) is 1.78. The first kappa shape index (κ1) is 11.5. The van der Waals surface area contributed by atoms with Gasteiger partial charge in [0.05, 0.1) is 5.52 Å². The van der Waals surface area contributed by atoms with Gasteiger partial charge in [0, 0.05) is 28.9 Å². The Hall–Kier alpha value is -2.62. The molecule has 19 heavy (non-hydrogen) atoms. The highest BCUT2D eigenvalue weighted by molar-refractivity contribution is 5.99. The number of aromatic nitrogens is 1. The molecule has 2 aromatic carbocycles. The SMILES string of the molecule is CNC(=O)c1ccc2c(=O)c3ccccc3[nH]c2c1. The van der Waals surface area contributed by atoms with Gasteiger partial charge < -0.3 is 10.3 Å². The van der Waals surface area contributed by atoms with Crippen molar-refractivity contribution in [3.05, 3.63) is 58.3 Å². The third-order valence-electron chi connectivity index (χ3n) is 3.19. The van der Waals surface area contributed by atoms with Gasteiger partial charge in [-0.3, -0.25) is 9.59 Å². The summed E-state index contributed by atoms with van der Waals surface area (Å²) in [5.74, 6) is -0.170. The summed E-state index contributed by atoms with van der Waals surface area (Å²) < 4.78 is 0. The van der Waals surface area contributed by atoms with Gasteiger partial charge >= 0.3 is 0 Å². The van der Waals surface area contributed by atoms with Gasteiger partial charge in [-0.05, 0) is 30.3 Å². The minimum atomic E-state index is -0.170. The van der Waals surface area contributed by atoms with Crippen LogP contribution in [0.1, 0.15) is 10.4 Å². The summed E-state index contributed by atoms with van der Waals surface area (Å²) in [7, 11) is 1.58. The van der Waals surface area contributed by atoms with Crippen molar-refractivity contribution < 1.29 is 4.79 Å². The molecule has 0 atom stereocenters. The summed E-state index contributed by atoms with van der Waals surface area (Å²) in [6.07, 6.45) is 0. The van der Waals surface area contributed by atoms with Crippen LogP contribution < -0.4 is 10.7 Å². The molecule has 0 bridgehead atoms. The Bertz CT molecular complexity index is 850. The van der Waals surface area contributed by atoms with Crippen molar-refractivity contribution in [2.24, 2.45) is 0 Å². The highest BCUT2D eigenvalue weighted by atomic mass is 16.1. The van der Waals surface area contributed by atoms with Crippen molar-refractivity contribution in [1.82, 2.24) is 10.3 Å². The van der Waals surface area contributed by atoms with Gasteiger partial charge in [0.25, 0.3) is 5.91 Å². The molecule has 0 saturated carbocycles. The number of hydrogen-bond acceptors (Lipinski definition) is 2. The van der Waals surface area contributed by atoms with Crippen molar-refractivity contribution in [1.29, 1.82) is 0 Å². The minimum absolute atomic E-state index is 0.0205. The summed E-state index contributed by atoms with van der Waals surface area (Å²) in [6, 6.07) is 12.4. The molecule has 0 aliphatic rings. The zero-order chi connectivity index (χ0) is 13.4. The van der Waals surface area contributed by atoms with E-state index >= 15 is 0 Å². The number of pyridine rings is 1. The van der Waals surface area contributed by atoms with Crippen molar-refractivity contribution in [3.63, 3.8) is 0 Å². The third-order valence-corrected chi connectivity index (χ3v) is 3.19. The van der Waals surface area contributed by atoms with E-state index in [-0.39, 0.29) is 11.3 Å². The van der Waals surface area contributed by atoms with Gasteiger partial charge in [0.2, 0.25) is 0 Å². The topological polar surface area (TPSA) is 62.0 Å². The fourth-order valence-corrected chi connectivity index (χ4v) is 2.21. The van der Waals surface area contributed by atoms with Crippen LogP contribution in [-0.2, 0) is 0 Å². The van der Waals surface area contributed by atoms with E-state index in [1.165, 1.54) is 0 Å². The highest BCUT2D eigenvalue weighted by Gasteiger charge is 2.08. The van der Waals surface area contributed by atoms with Crippen LogP contribution in [-0.4, -0.2) is 17.9 Å². The average Bonchev–Trinajstić information content (AvgIpc) is 2.46. The maximum absolute atomic E-state index is 12.3. The second kappa shape index (κ2) is 4.24. The molecule has 1 heterocycles. The first-order valence-corrected chi connectivity index (χ1v) is 5.97. The van der Waals surface area contributed by atoms with Gasteiger partial charge in [-0.1, -0.05) is 12.1 Å². The van der Waals surface area contributed by atoms with E-state index in [9.17, 15) is 9.59 Å². The second-order valence-corrected chi connectivity index (χ2v) is 4.34. The van der Waals surface area contributed by atoms with E-state index in [0.29, 0.717) is 21.9 Å². The summed E-state index contributed by atoms with van der Waals surface area (Å²) in [4.78, 5) is 27.1. The number of carbonyl (C=O) groups is 1. The molecule has 0 fully saturated rings. The number of carbonyl (C=O) groups excluding carboxylic acids is 1. The first-order valence-electron chi connectivity index (χ1n) is 5.97. The first-order chi connectivity index (χ1) is 9.20. The standard InChI is InChI=1S/C15H12N2O2/c1-16-15(19)9-6-7-11-13(8-9)17-12-5-3-2-4-10(12)14(11)18/h2-8H,1H3,(H,16,19)(H,17,18). The Kier molecular flexibility index (Phi) is 2.56. The minimum Gasteiger partial charge on any atom is -0.355 e. The molecular formula is C15H12N2O2. The number of rotatable bonds is 1. The molecule has 0 saturated heterocycles. The van der Waals surface area contributed by atoms with E-state index in [1.54, 1.807) is 31.3 Å². The molecule has 4 heteroatoms. The van der Waals surface area contributed by atoms with Crippen molar-refractivity contribution in [2.45, 2.75) is 0 Å².